The minimum Gasteiger partial charge on any atom is -0.488 e. The van der Waals surface area contributed by atoms with Crippen molar-refractivity contribution < 1.29 is 53.8 Å². The van der Waals surface area contributed by atoms with Gasteiger partial charge in [0.05, 0.1) is 24.1 Å². The molecule has 2 rings (SSSR count). The lowest BCUT2D eigenvalue weighted by molar-refractivity contribution is -0.253. The second-order valence-electron chi connectivity index (χ2n) is 9.53. The fraction of sp³-hybridized carbons (Fsp3) is 0.345. The summed E-state index contributed by atoms with van der Waals surface area (Å²) in [7, 11) is 0. The molecule has 0 aliphatic heterocycles. The molecule has 0 aromatic heterocycles. The number of hydrogen-bond donors (Lipinski definition) is 2. The monoisotopic (exact) mass is 624 g/mol. The van der Waals surface area contributed by atoms with E-state index in [-0.39, 0.29) is 11.3 Å². The summed E-state index contributed by atoms with van der Waals surface area (Å²) in [4.78, 5) is 13.1. The largest absolute Gasteiger partial charge is 0.488 e. The van der Waals surface area contributed by atoms with Gasteiger partial charge in [0.15, 0.2) is 11.6 Å². The van der Waals surface area contributed by atoms with Gasteiger partial charge in [-0.3, -0.25) is 4.79 Å². The molecule has 14 heteroatoms. The summed E-state index contributed by atoms with van der Waals surface area (Å²) in [5.41, 5.74) is 2.79. The predicted molar refractivity (Wildman–Crippen MR) is 141 cm³/mol. The van der Waals surface area contributed by atoms with Crippen molar-refractivity contribution >= 4 is 5.91 Å². The topological polar surface area (TPSA) is 73.6 Å². The van der Waals surface area contributed by atoms with Gasteiger partial charge < -0.3 is 20.5 Å². The number of amides is 1. The van der Waals surface area contributed by atoms with E-state index in [9.17, 15) is 44.3 Å². The van der Waals surface area contributed by atoms with E-state index < -0.39 is 78.1 Å². The first kappa shape index (κ1) is 35.3. The van der Waals surface area contributed by atoms with Gasteiger partial charge in [0.25, 0.3) is 0 Å². The van der Waals surface area contributed by atoms with Crippen molar-refractivity contribution in [3.8, 4) is 11.5 Å². The van der Waals surface area contributed by atoms with Gasteiger partial charge in [-0.05, 0) is 55.7 Å². The molecule has 2 aromatic carbocycles. The third-order valence-electron chi connectivity index (χ3n) is 5.70. The van der Waals surface area contributed by atoms with Crippen LogP contribution in [0.1, 0.15) is 37.8 Å². The van der Waals surface area contributed by atoms with Gasteiger partial charge in [0.1, 0.15) is 11.6 Å². The second-order valence-corrected chi connectivity index (χ2v) is 9.53. The van der Waals surface area contributed by atoms with Crippen molar-refractivity contribution in [2.45, 2.75) is 63.1 Å². The van der Waals surface area contributed by atoms with E-state index in [1.54, 1.807) is 13.8 Å². The molecule has 5 nitrogen and oxygen atoms in total. The summed E-state index contributed by atoms with van der Waals surface area (Å²) in [6.07, 6.45) is -9.88. The van der Waals surface area contributed by atoms with Crippen molar-refractivity contribution in [3.63, 3.8) is 0 Å². The molecule has 236 valence electrons. The molecule has 0 heterocycles. The Labute approximate surface area is 241 Å². The van der Waals surface area contributed by atoms with Crippen LogP contribution in [-0.2, 0) is 10.3 Å². The predicted octanol–water partition coefficient (Wildman–Crippen LogP) is 7.32. The van der Waals surface area contributed by atoms with Crippen LogP contribution in [0.2, 0.25) is 0 Å². The molecule has 0 aliphatic rings. The van der Waals surface area contributed by atoms with Crippen LogP contribution < -0.4 is 20.5 Å². The van der Waals surface area contributed by atoms with Crippen molar-refractivity contribution in [3.05, 3.63) is 96.1 Å². The molecule has 0 bridgehead atoms. The Hall–Kier alpha value is -3.94. The molecule has 0 fully saturated rings. The Bertz CT molecular complexity index is 1330. The van der Waals surface area contributed by atoms with Crippen LogP contribution in [0.5, 0.6) is 11.5 Å². The van der Waals surface area contributed by atoms with E-state index >= 15 is 0 Å². The lowest BCUT2D eigenvalue weighted by Gasteiger charge is -2.37. The molecule has 2 aromatic rings. The number of alkyl halides is 7. The standard InChI is InChI=1S/C29H29F9N2O3/c1-4-5-6-7-8-11-27(40-25(41)23(39)16-28(34,35)36,18-9-10-22(31)24(14-18)42-17(2)3)19-12-20(30)15-21(13-19)43-29(37,38)26(32)33/h4-10,12-15,17,23,26H,1,11,16,39H2,2-3H3,(H,40,41)/b6-5-,8-7+/t23?,27-/m1/s1. The number of ether oxygens (including phenoxy) is 2. The molecule has 0 saturated carbocycles. The maximum atomic E-state index is 14.8. The number of nitrogens with one attached hydrogen (secondary N) is 1. The highest BCUT2D eigenvalue weighted by atomic mass is 19.4. The number of carbonyl (C=O) groups is 1. The van der Waals surface area contributed by atoms with Crippen molar-refractivity contribution in [1.82, 2.24) is 5.32 Å². The Morgan fingerprint density at radius 2 is 1.67 bits per heavy atom. The molecular weight excluding hydrogens is 595 g/mol. The maximum Gasteiger partial charge on any atom is 0.461 e. The summed E-state index contributed by atoms with van der Waals surface area (Å²) < 4.78 is 131. The summed E-state index contributed by atoms with van der Waals surface area (Å²) >= 11 is 0. The zero-order valence-corrected chi connectivity index (χ0v) is 22.9. The van der Waals surface area contributed by atoms with E-state index in [0.717, 1.165) is 18.2 Å². The quantitative estimate of drug-likeness (QED) is 0.171. The summed E-state index contributed by atoms with van der Waals surface area (Å²) in [5.74, 6) is -5.07. The highest BCUT2D eigenvalue weighted by molar-refractivity contribution is 5.83. The second kappa shape index (κ2) is 14.5. The van der Waals surface area contributed by atoms with Crippen molar-refractivity contribution in [1.29, 1.82) is 0 Å². The van der Waals surface area contributed by atoms with Crippen LogP contribution >= 0.6 is 0 Å². The number of rotatable bonds is 14. The number of allylic oxidation sites excluding steroid dienone is 4. The normalized spacial score (nSPS) is 14.7. The van der Waals surface area contributed by atoms with Gasteiger partial charge in [0, 0.05) is 6.07 Å². The lowest BCUT2D eigenvalue weighted by Crippen LogP contribution is -2.53. The highest BCUT2D eigenvalue weighted by Gasteiger charge is 2.45. The molecular formula is C29H29F9N2O3. The van der Waals surface area contributed by atoms with Crippen LogP contribution in [0.15, 0.2) is 73.4 Å². The van der Waals surface area contributed by atoms with Crippen molar-refractivity contribution in [2.75, 3.05) is 0 Å². The number of halogens is 9. The molecule has 1 amide bonds. The van der Waals surface area contributed by atoms with Crippen LogP contribution in [0.3, 0.4) is 0 Å². The van der Waals surface area contributed by atoms with E-state index in [1.165, 1.54) is 30.4 Å². The Balaban J connectivity index is 2.90. The van der Waals surface area contributed by atoms with Crippen LogP contribution in [0.4, 0.5) is 39.5 Å². The average Bonchev–Trinajstić information content (AvgIpc) is 2.87. The Kier molecular flexibility index (Phi) is 11.9. The third-order valence-corrected chi connectivity index (χ3v) is 5.70. The fourth-order valence-electron chi connectivity index (χ4n) is 3.89. The van der Waals surface area contributed by atoms with Crippen LogP contribution in [0.25, 0.3) is 0 Å². The zero-order chi connectivity index (χ0) is 32.6. The Morgan fingerprint density at radius 3 is 2.26 bits per heavy atom. The lowest BCUT2D eigenvalue weighted by atomic mass is 9.79. The molecule has 1 unspecified atom stereocenters. The Morgan fingerprint density at radius 1 is 1.00 bits per heavy atom. The molecule has 0 aliphatic carbocycles. The third kappa shape index (κ3) is 10.1. The van der Waals surface area contributed by atoms with Gasteiger partial charge >= 0.3 is 18.7 Å². The number of benzene rings is 2. The number of nitrogens with two attached hydrogens (primary N) is 1. The number of hydrogen-bond acceptors (Lipinski definition) is 4. The number of carbonyl (C=O) groups excluding carboxylic acids is 1. The SMILES string of the molecule is C=C/C=C\C=C\C[C@](NC(=O)C(N)CC(F)(F)F)(c1cc(F)cc(OC(F)(F)C(F)F)c1)c1ccc(F)c(OC(C)C)c1. The van der Waals surface area contributed by atoms with E-state index in [0.29, 0.717) is 18.2 Å². The minimum absolute atomic E-state index is 0.119. The first-order valence-corrected chi connectivity index (χ1v) is 12.6. The minimum atomic E-state index is -5.06. The zero-order valence-electron chi connectivity index (χ0n) is 22.9. The van der Waals surface area contributed by atoms with E-state index in [2.05, 4.69) is 16.6 Å². The van der Waals surface area contributed by atoms with Gasteiger partial charge in [-0.1, -0.05) is 43.0 Å². The molecule has 0 spiro atoms. The molecule has 3 N–H and O–H groups in total. The van der Waals surface area contributed by atoms with E-state index in [4.69, 9.17) is 10.5 Å². The summed E-state index contributed by atoms with van der Waals surface area (Å²) in [5, 5.41) is 2.32. The van der Waals surface area contributed by atoms with Gasteiger partial charge in [-0.25, -0.2) is 8.78 Å². The van der Waals surface area contributed by atoms with Crippen molar-refractivity contribution in [2.24, 2.45) is 5.73 Å². The molecule has 0 radical (unpaired) electrons. The molecule has 2 atom stereocenters. The molecule has 0 saturated heterocycles. The first-order chi connectivity index (χ1) is 19.9. The summed E-state index contributed by atoms with van der Waals surface area (Å²) in [6, 6.07) is 2.62. The first-order valence-electron chi connectivity index (χ1n) is 12.6. The highest BCUT2D eigenvalue weighted by Crippen LogP contribution is 2.40. The maximum absolute atomic E-state index is 14.8. The van der Waals surface area contributed by atoms with Gasteiger partial charge in [0.2, 0.25) is 5.91 Å². The van der Waals surface area contributed by atoms with Crippen LogP contribution in [0, 0.1) is 11.6 Å². The van der Waals surface area contributed by atoms with Gasteiger partial charge in [-0.15, -0.1) is 0 Å². The average molecular weight is 625 g/mol. The molecule has 43 heavy (non-hydrogen) atoms. The van der Waals surface area contributed by atoms with E-state index in [1.807, 2.05) is 0 Å². The summed E-state index contributed by atoms with van der Waals surface area (Å²) in [6.45, 7) is 6.61. The van der Waals surface area contributed by atoms with Crippen LogP contribution in [-0.4, -0.2) is 36.8 Å². The fourth-order valence-corrected chi connectivity index (χ4v) is 3.89. The van der Waals surface area contributed by atoms with Gasteiger partial charge in [-0.2, -0.15) is 30.7 Å². The smallest absolute Gasteiger partial charge is 0.461 e.